The van der Waals surface area contributed by atoms with Crippen molar-refractivity contribution in [3.8, 4) is 11.5 Å². The molecular weight excluding hydrogens is 400 g/mol. The summed E-state index contributed by atoms with van der Waals surface area (Å²) in [6.07, 6.45) is 2.16. The number of hydrogen-bond donors (Lipinski definition) is 1. The molecule has 0 unspecified atom stereocenters. The summed E-state index contributed by atoms with van der Waals surface area (Å²) in [4.78, 5) is 41.0. The Morgan fingerprint density at radius 3 is 2.81 bits per heavy atom. The number of aromatic nitrogens is 3. The largest absolute Gasteiger partial charge is 0.488 e. The van der Waals surface area contributed by atoms with E-state index < -0.39 is 11.2 Å². The molecular formula is C22H24N4O5. The van der Waals surface area contributed by atoms with Gasteiger partial charge in [0.25, 0.3) is 11.5 Å². The molecule has 9 nitrogen and oxygen atoms in total. The predicted molar refractivity (Wildman–Crippen MR) is 115 cm³/mol. The number of carbonyl (C=O) groups excluding carboxylic acids is 1. The quantitative estimate of drug-likeness (QED) is 0.617. The zero-order valence-corrected chi connectivity index (χ0v) is 17.9. The van der Waals surface area contributed by atoms with E-state index in [1.807, 2.05) is 32.0 Å². The minimum atomic E-state index is -0.496. The average Bonchev–Trinajstić information content (AvgIpc) is 3.07. The normalized spacial score (nSPS) is 14.2. The van der Waals surface area contributed by atoms with Gasteiger partial charge in [0.1, 0.15) is 17.9 Å². The summed E-state index contributed by atoms with van der Waals surface area (Å²) >= 11 is 0. The van der Waals surface area contributed by atoms with E-state index in [4.69, 9.17) is 9.47 Å². The highest BCUT2D eigenvalue weighted by Gasteiger charge is 2.32. The first-order valence-electron chi connectivity index (χ1n) is 9.95. The Morgan fingerprint density at radius 1 is 1.26 bits per heavy atom. The van der Waals surface area contributed by atoms with Crippen molar-refractivity contribution in [1.29, 1.82) is 0 Å². The third-order valence-corrected chi connectivity index (χ3v) is 5.26. The molecule has 0 aliphatic carbocycles. The number of nitrogens with one attached hydrogen (secondary N) is 1. The van der Waals surface area contributed by atoms with E-state index in [0.29, 0.717) is 5.75 Å². The van der Waals surface area contributed by atoms with Gasteiger partial charge in [-0.05, 0) is 26.0 Å². The molecule has 0 saturated heterocycles. The molecule has 0 saturated carbocycles. The minimum absolute atomic E-state index is 0.202. The van der Waals surface area contributed by atoms with Gasteiger partial charge in [-0.15, -0.1) is 0 Å². The van der Waals surface area contributed by atoms with Crippen LogP contribution in [0.3, 0.4) is 0 Å². The van der Waals surface area contributed by atoms with Crippen LogP contribution in [-0.2, 0) is 20.5 Å². The van der Waals surface area contributed by atoms with E-state index in [-0.39, 0.29) is 41.3 Å². The number of aryl methyl sites for hydroxylation is 1. The van der Waals surface area contributed by atoms with Gasteiger partial charge in [0, 0.05) is 32.3 Å². The number of para-hydroxylation sites is 1. The standard InChI is InChI=1S/C22H24N4O5/c1-22(2)11-13-6-5-7-16(17(13)31-22)30-9-8-23-19(27)14-10-15-18(24-12-14)25(3)21(29)26(4)20(15)28/h5-7,10,12H,8-9,11H2,1-4H3,(H,23,27). The number of fused-ring (bicyclic) bond motifs is 2. The molecule has 0 bridgehead atoms. The van der Waals surface area contributed by atoms with Gasteiger partial charge in [0.2, 0.25) is 0 Å². The van der Waals surface area contributed by atoms with Gasteiger partial charge in [-0.25, -0.2) is 9.78 Å². The molecule has 0 spiro atoms. The zero-order valence-electron chi connectivity index (χ0n) is 17.9. The van der Waals surface area contributed by atoms with Crippen molar-refractivity contribution in [1.82, 2.24) is 19.4 Å². The number of hydrogen-bond acceptors (Lipinski definition) is 6. The summed E-state index contributed by atoms with van der Waals surface area (Å²) in [5, 5.41) is 2.96. The second kappa shape index (κ2) is 7.57. The number of benzene rings is 1. The molecule has 162 valence electrons. The lowest BCUT2D eigenvalue weighted by atomic mass is 10.0. The Morgan fingerprint density at radius 2 is 2.03 bits per heavy atom. The maximum absolute atomic E-state index is 12.5. The molecule has 0 atom stereocenters. The second-order valence-electron chi connectivity index (χ2n) is 8.19. The molecule has 3 heterocycles. The fourth-order valence-corrected chi connectivity index (χ4v) is 3.72. The van der Waals surface area contributed by atoms with E-state index in [1.165, 1.54) is 30.9 Å². The molecule has 1 aliphatic rings. The Bertz CT molecular complexity index is 1310. The van der Waals surface area contributed by atoms with E-state index in [2.05, 4.69) is 10.3 Å². The smallest absolute Gasteiger partial charge is 0.332 e. The summed E-state index contributed by atoms with van der Waals surface area (Å²) < 4.78 is 14.1. The Kier molecular flexibility index (Phi) is 5.04. The van der Waals surface area contributed by atoms with Gasteiger partial charge in [-0.1, -0.05) is 12.1 Å². The van der Waals surface area contributed by atoms with Crippen LogP contribution in [0, 0.1) is 0 Å². The number of pyridine rings is 1. The van der Waals surface area contributed by atoms with Crippen LogP contribution in [0.1, 0.15) is 29.8 Å². The number of nitrogens with zero attached hydrogens (tertiary/aromatic N) is 3. The van der Waals surface area contributed by atoms with Crippen LogP contribution in [0.2, 0.25) is 0 Å². The Labute approximate surface area is 178 Å². The second-order valence-corrected chi connectivity index (χ2v) is 8.19. The molecule has 31 heavy (non-hydrogen) atoms. The van der Waals surface area contributed by atoms with E-state index in [0.717, 1.165) is 22.3 Å². The highest BCUT2D eigenvalue weighted by atomic mass is 16.5. The maximum Gasteiger partial charge on any atom is 0.332 e. The number of amides is 1. The topological polar surface area (TPSA) is 104 Å². The van der Waals surface area contributed by atoms with Crippen LogP contribution < -0.4 is 26.0 Å². The van der Waals surface area contributed by atoms with Gasteiger partial charge in [-0.3, -0.25) is 18.7 Å². The number of ether oxygens (including phenoxy) is 2. The minimum Gasteiger partial charge on any atom is -0.488 e. The third kappa shape index (κ3) is 3.78. The monoisotopic (exact) mass is 424 g/mol. The third-order valence-electron chi connectivity index (χ3n) is 5.26. The number of rotatable bonds is 5. The molecule has 1 aliphatic heterocycles. The first-order valence-corrected chi connectivity index (χ1v) is 9.95. The lowest BCUT2D eigenvalue weighted by Crippen LogP contribution is -2.37. The van der Waals surface area contributed by atoms with Crippen LogP contribution in [0.4, 0.5) is 0 Å². The summed E-state index contributed by atoms with van der Waals surface area (Å²) in [5.41, 5.74) is 0.329. The summed E-state index contributed by atoms with van der Waals surface area (Å²) in [6.45, 7) is 4.57. The highest BCUT2D eigenvalue weighted by molar-refractivity contribution is 5.96. The van der Waals surface area contributed by atoms with Crippen LogP contribution >= 0.6 is 0 Å². The van der Waals surface area contributed by atoms with Gasteiger partial charge >= 0.3 is 5.69 Å². The predicted octanol–water partition coefficient (Wildman–Crippen LogP) is 1.15. The molecule has 0 fully saturated rings. The Balaban J connectivity index is 1.43. The van der Waals surface area contributed by atoms with Crippen molar-refractivity contribution in [2.24, 2.45) is 14.1 Å². The van der Waals surface area contributed by atoms with Crippen molar-refractivity contribution in [3.05, 3.63) is 62.4 Å². The highest BCUT2D eigenvalue weighted by Crippen LogP contribution is 2.41. The fourth-order valence-electron chi connectivity index (χ4n) is 3.72. The summed E-state index contributed by atoms with van der Waals surface area (Å²) in [7, 11) is 2.92. The van der Waals surface area contributed by atoms with Crippen molar-refractivity contribution in [3.63, 3.8) is 0 Å². The fraction of sp³-hybridized carbons (Fsp3) is 0.364. The lowest BCUT2D eigenvalue weighted by Gasteiger charge is -2.18. The van der Waals surface area contributed by atoms with Gasteiger partial charge in [0.05, 0.1) is 17.5 Å². The van der Waals surface area contributed by atoms with E-state index in [1.54, 1.807) is 0 Å². The van der Waals surface area contributed by atoms with Gasteiger partial charge in [0.15, 0.2) is 11.5 Å². The van der Waals surface area contributed by atoms with Crippen molar-refractivity contribution >= 4 is 16.9 Å². The van der Waals surface area contributed by atoms with Crippen LogP contribution in [0.15, 0.2) is 40.1 Å². The molecule has 9 heteroatoms. The van der Waals surface area contributed by atoms with Crippen LogP contribution in [0.5, 0.6) is 11.5 Å². The van der Waals surface area contributed by atoms with E-state index in [9.17, 15) is 14.4 Å². The van der Waals surface area contributed by atoms with Crippen molar-refractivity contribution in [2.45, 2.75) is 25.9 Å². The molecule has 0 radical (unpaired) electrons. The Hall–Kier alpha value is -3.62. The number of carbonyl (C=O) groups is 1. The summed E-state index contributed by atoms with van der Waals surface area (Å²) in [6, 6.07) is 7.23. The maximum atomic E-state index is 12.5. The lowest BCUT2D eigenvalue weighted by molar-refractivity contribution is 0.0946. The van der Waals surface area contributed by atoms with Gasteiger partial charge in [-0.2, -0.15) is 0 Å². The van der Waals surface area contributed by atoms with Crippen LogP contribution in [-0.4, -0.2) is 38.8 Å². The average molecular weight is 424 g/mol. The van der Waals surface area contributed by atoms with E-state index >= 15 is 0 Å². The molecule has 1 aromatic carbocycles. The van der Waals surface area contributed by atoms with Crippen molar-refractivity contribution in [2.75, 3.05) is 13.2 Å². The molecule has 1 amide bonds. The SMILES string of the molecule is Cn1c(=O)c2cc(C(=O)NCCOc3cccc4c3OC(C)(C)C4)cnc2n(C)c1=O. The molecule has 2 aromatic heterocycles. The zero-order chi connectivity index (χ0) is 22.3. The van der Waals surface area contributed by atoms with Crippen LogP contribution in [0.25, 0.3) is 11.0 Å². The first kappa shape index (κ1) is 20.6. The molecule has 4 rings (SSSR count). The van der Waals surface area contributed by atoms with Gasteiger partial charge < -0.3 is 14.8 Å². The first-order chi connectivity index (χ1) is 14.7. The molecule has 3 aromatic rings. The molecule has 1 N–H and O–H groups in total. The summed E-state index contributed by atoms with van der Waals surface area (Å²) in [5.74, 6) is 1.01. The van der Waals surface area contributed by atoms with Crippen molar-refractivity contribution < 1.29 is 14.3 Å².